The van der Waals surface area contributed by atoms with Crippen LogP contribution < -0.4 is 16.0 Å². The number of nitrogens with one attached hydrogen (secondary N) is 3. The first-order valence-corrected chi connectivity index (χ1v) is 8.00. The monoisotopic (exact) mass is 343 g/mol. The van der Waals surface area contributed by atoms with Gasteiger partial charge in [0.25, 0.3) is 5.91 Å². The molecule has 1 aliphatic rings. The Hall–Kier alpha value is -1.30. The van der Waals surface area contributed by atoms with Crippen LogP contribution in [0.5, 0.6) is 0 Å². The van der Waals surface area contributed by atoms with E-state index in [2.05, 4.69) is 16.0 Å². The van der Waals surface area contributed by atoms with E-state index in [0.717, 1.165) is 25.9 Å². The molecule has 120 valence electrons. The average Bonchev–Trinajstić information content (AvgIpc) is 2.50. The van der Waals surface area contributed by atoms with E-state index < -0.39 is 11.9 Å². The van der Waals surface area contributed by atoms with E-state index in [9.17, 15) is 9.59 Å². The normalized spacial score (nSPS) is 19.3. The standard InChI is InChI=1S/C15H19Cl2N3O2/c1-9(14(21)20-10-4-3-7-18-8-10)19-15(22)11-5-2-6-12(16)13(11)17/h2,5-6,9-10,18H,3-4,7-8H2,1H3,(H,19,22)(H,20,21)/t9?,10-/m0/s1. The molecule has 1 unspecified atom stereocenters. The minimum Gasteiger partial charge on any atom is -0.350 e. The minimum atomic E-state index is -0.649. The van der Waals surface area contributed by atoms with Crippen molar-refractivity contribution >= 4 is 35.0 Å². The lowest BCUT2D eigenvalue weighted by molar-refractivity contribution is -0.123. The smallest absolute Gasteiger partial charge is 0.253 e. The molecule has 2 rings (SSSR count). The molecule has 0 radical (unpaired) electrons. The van der Waals surface area contributed by atoms with Crippen molar-refractivity contribution in [3.05, 3.63) is 33.8 Å². The molecular formula is C15H19Cl2N3O2. The highest BCUT2D eigenvalue weighted by Crippen LogP contribution is 2.25. The topological polar surface area (TPSA) is 70.2 Å². The second kappa shape index (κ2) is 7.81. The van der Waals surface area contributed by atoms with Crippen molar-refractivity contribution in [2.75, 3.05) is 13.1 Å². The van der Waals surface area contributed by atoms with Crippen LogP contribution in [0.25, 0.3) is 0 Å². The fraction of sp³-hybridized carbons (Fsp3) is 0.467. The Labute approximate surface area is 139 Å². The van der Waals surface area contributed by atoms with Gasteiger partial charge in [-0.25, -0.2) is 0 Å². The Morgan fingerprint density at radius 1 is 1.36 bits per heavy atom. The highest BCUT2D eigenvalue weighted by molar-refractivity contribution is 6.43. The van der Waals surface area contributed by atoms with E-state index in [4.69, 9.17) is 23.2 Å². The SMILES string of the molecule is CC(NC(=O)c1cccc(Cl)c1Cl)C(=O)N[C@H]1CCCNC1. The van der Waals surface area contributed by atoms with Gasteiger partial charge < -0.3 is 16.0 Å². The maximum atomic E-state index is 12.2. The number of halogens is 2. The zero-order valence-corrected chi connectivity index (χ0v) is 13.8. The Morgan fingerprint density at radius 2 is 2.14 bits per heavy atom. The summed E-state index contributed by atoms with van der Waals surface area (Å²) < 4.78 is 0. The van der Waals surface area contributed by atoms with Crippen LogP contribution in [-0.4, -0.2) is 37.0 Å². The summed E-state index contributed by atoms with van der Waals surface area (Å²) in [5.41, 5.74) is 0.258. The van der Waals surface area contributed by atoms with Gasteiger partial charge in [-0.05, 0) is 38.4 Å². The van der Waals surface area contributed by atoms with Gasteiger partial charge in [0, 0.05) is 12.6 Å². The van der Waals surface area contributed by atoms with Gasteiger partial charge in [0.05, 0.1) is 15.6 Å². The van der Waals surface area contributed by atoms with Gasteiger partial charge in [0.1, 0.15) is 6.04 Å². The van der Waals surface area contributed by atoms with Gasteiger partial charge in [-0.15, -0.1) is 0 Å². The first-order valence-electron chi connectivity index (χ1n) is 7.25. The van der Waals surface area contributed by atoms with Gasteiger partial charge >= 0.3 is 0 Å². The molecule has 0 aromatic heterocycles. The van der Waals surface area contributed by atoms with Crippen LogP contribution in [0.1, 0.15) is 30.1 Å². The van der Waals surface area contributed by atoms with Gasteiger partial charge in [0.15, 0.2) is 0 Å². The molecule has 0 bridgehead atoms. The number of amides is 2. The van der Waals surface area contributed by atoms with E-state index >= 15 is 0 Å². The molecule has 0 aliphatic carbocycles. The highest BCUT2D eigenvalue weighted by Gasteiger charge is 2.22. The Morgan fingerprint density at radius 3 is 2.82 bits per heavy atom. The summed E-state index contributed by atoms with van der Waals surface area (Å²) in [5, 5.41) is 9.28. The predicted octanol–water partition coefficient (Wildman–Crippen LogP) is 1.98. The van der Waals surface area contributed by atoms with Crippen molar-refractivity contribution in [3.63, 3.8) is 0 Å². The third-order valence-electron chi connectivity index (χ3n) is 3.58. The number of carbonyl (C=O) groups is 2. The maximum Gasteiger partial charge on any atom is 0.253 e. The van der Waals surface area contributed by atoms with E-state index in [1.807, 2.05) is 0 Å². The van der Waals surface area contributed by atoms with Gasteiger partial charge in [-0.1, -0.05) is 29.3 Å². The summed E-state index contributed by atoms with van der Waals surface area (Å²) >= 11 is 11.9. The van der Waals surface area contributed by atoms with Crippen molar-refractivity contribution in [1.29, 1.82) is 0 Å². The number of hydrogen-bond donors (Lipinski definition) is 3. The van der Waals surface area contributed by atoms with Crippen LogP contribution in [0, 0.1) is 0 Å². The fourth-order valence-electron chi connectivity index (χ4n) is 2.32. The molecular weight excluding hydrogens is 325 g/mol. The molecule has 0 spiro atoms. The van der Waals surface area contributed by atoms with Crippen molar-refractivity contribution in [1.82, 2.24) is 16.0 Å². The first kappa shape index (κ1) is 17.1. The molecule has 22 heavy (non-hydrogen) atoms. The average molecular weight is 344 g/mol. The summed E-state index contributed by atoms with van der Waals surface area (Å²) in [6.45, 7) is 3.38. The molecule has 1 fully saturated rings. The fourth-order valence-corrected chi connectivity index (χ4v) is 2.71. The van der Waals surface area contributed by atoms with Gasteiger partial charge in [0.2, 0.25) is 5.91 Å². The predicted molar refractivity (Wildman–Crippen MR) is 87.4 cm³/mol. The maximum absolute atomic E-state index is 12.2. The Balaban J connectivity index is 1.92. The zero-order valence-electron chi connectivity index (χ0n) is 12.3. The molecule has 2 atom stereocenters. The second-order valence-corrected chi connectivity index (χ2v) is 6.13. The van der Waals surface area contributed by atoms with Crippen LogP contribution >= 0.6 is 23.2 Å². The Bertz CT molecular complexity index is 560. The molecule has 5 nitrogen and oxygen atoms in total. The molecule has 0 saturated carbocycles. The van der Waals surface area contributed by atoms with Crippen molar-refractivity contribution < 1.29 is 9.59 Å². The summed E-state index contributed by atoms with van der Waals surface area (Å²) in [5.74, 6) is -0.628. The number of hydrogen-bond acceptors (Lipinski definition) is 3. The van der Waals surface area contributed by atoms with E-state index in [1.165, 1.54) is 0 Å². The van der Waals surface area contributed by atoms with Crippen LogP contribution in [0.15, 0.2) is 18.2 Å². The third-order valence-corrected chi connectivity index (χ3v) is 4.40. The molecule has 1 heterocycles. The van der Waals surface area contributed by atoms with Crippen molar-refractivity contribution in [2.24, 2.45) is 0 Å². The highest BCUT2D eigenvalue weighted by atomic mass is 35.5. The quantitative estimate of drug-likeness (QED) is 0.782. The summed E-state index contributed by atoms with van der Waals surface area (Å²) in [4.78, 5) is 24.3. The number of carbonyl (C=O) groups excluding carboxylic acids is 2. The van der Waals surface area contributed by atoms with Gasteiger partial charge in [-0.3, -0.25) is 9.59 Å². The van der Waals surface area contributed by atoms with Crippen LogP contribution in [0.2, 0.25) is 10.0 Å². The summed E-state index contributed by atoms with van der Waals surface area (Å²) in [7, 11) is 0. The largest absolute Gasteiger partial charge is 0.350 e. The molecule has 1 aromatic rings. The summed E-state index contributed by atoms with van der Waals surface area (Å²) in [6.07, 6.45) is 1.98. The molecule has 1 saturated heterocycles. The minimum absolute atomic E-state index is 0.107. The Kier molecular flexibility index (Phi) is 6.06. The van der Waals surface area contributed by atoms with E-state index in [0.29, 0.717) is 5.02 Å². The number of piperidine rings is 1. The van der Waals surface area contributed by atoms with Crippen molar-refractivity contribution in [3.8, 4) is 0 Å². The first-order chi connectivity index (χ1) is 10.5. The lowest BCUT2D eigenvalue weighted by Crippen LogP contribution is -2.52. The molecule has 1 aliphatic heterocycles. The lowest BCUT2D eigenvalue weighted by Gasteiger charge is -2.25. The lowest BCUT2D eigenvalue weighted by atomic mass is 10.1. The van der Waals surface area contributed by atoms with E-state index in [-0.39, 0.29) is 22.5 Å². The van der Waals surface area contributed by atoms with Crippen LogP contribution in [0.3, 0.4) is 0 Å². The summed E-state index contributed by atoms with van der Waals surface area (Å²) in [6, 6.07) is 4.27. The number of benzene rings is 1. The zero-order chi connectivity index (χ0) is 16.1. The van der Waals surface area contributed by atoms with Gasteiger partial charge in [-0.2, -0.15) is 0 Å². The second-order valence-electron chi connectivity index (χ2n) is 5.35. The molecule has 3 N–H and O–H groups in total. The molecule has 2 amide bonds. The van der Waals surface area contributed by atoms with Crippen LogP contribution in [-0.2, 0) is 4.79 Å². The van der Waals surface area contributed by atoms with Crippen molar-refractivity contribution in [2.45, 2.75) is 31.8 Å². The number of rotatable bonds is 4. The van der Waals surface area contributed by atoms with Crippen LogP contribution in [0.4, 0.5) is 0 Å². The van der Waals surface area contributed by atoms with E-state index in [1.54, 1.807) is 25.1 Å². The third kappa shape index (κ3) is 4.35. The molecule has 7 heteroatoms. The molecule has 1 aromatic carbocycles.